The molecule has 0 saturated carbocycles. The predicted molar refractivity (Wildman–Crippen MR) is 102 cm³/mol. The van der Waals surface area contributed by atoms with E-state index in [4.69, 9.17) is 9.47 Å². The van der Waals surface area contributed by atoms with Crippen LogP contribution in [0.1, 0.15) is 11.1 Å². The van der Waals surface area contributed by atoms with Gasteiger partial charge in [0.1, 0.15) is 12.4 Å². The number of hydrogen-bond acceptors (Lipinski definition) is 5. The minimum absolute atomic E-state index is 0.0877. The molecule has 0 fully saturated rings. The third kappa shape index (κ3) is 5.37. The average molecular weight is 418 g/mol. The molecule has 10 heteroatoms. The highest BCUT2D eigenvalue weighted by atomic mass is 19.1. The summed E-state index contributed by atoms with van der Waals surface area (Å²) in [5, 5.41) is 4.61. The summed E-state index contributed by atoms with van der Waals surface area (Å²) < 4.78 is 51.4. The Bertz CT molecular complexity index is 1050. The van der Waals surface area contributed by atoms with Gasteiger partial charge in [-0.3, -0.25) is 5.32 Å². The topological polar surface area (TPSA) is 85.4 Å². The van der Waals surface area contributed by atoms with Crippen molar-refractivity contribution in [1.29, 1.82) is 0 Å². The van der Waals surface area contributed by atoms with E-state index in [0.29, 0.717) is 5.56 Å². The van der Waals surface area contributed by atoms with Gasteiger partial charge in [0.25, 0.3) is 0 Å². The Kier molecular flexibility index (Phi) is 6.68. The molecule has 1 aromatic heterocycles. The van der Waals surface area contributed by atoms with E-state index < -0.39 is 29.3 Å². The largest absolute Gasteiger partial charge is 0.494 e. The van der Waals surface area contributed by atoms with Crippen molar-refractivity contribution in [3.63, 3.8) is 0 Å². The van der Waals surface area contributed by atoms with Crippen molar-refractivity contribution in [3.8, 4) is 11.8 Å². The van der Waals surface area contributed by atoms with Crippen LogP contribution in [0.2, 0.25) is 0 Å². The van der Waals surface area contributed by atoms with Crippen LogP contribution in [0.5, 0.6) is 11.8 Å². The first-order chi connectivity index (χ1) is 14.5. The van der Waals surface area contributed by atoms with Crippen LogP contribution in [0.4, 0.5) is 23.8 Å². The molecule has 0 unspecified atom stereocenters. The molecule has 30 heavy (non-hydrogen) atoms. The number of anilines is 1. The van der Waals surface area contributed by atoms with Gasteiger partial charge in [0.2, 0.25) is 0 Å². The van der Waals surface area contributed by atoms with Crippen LogP contribution >= 0.6 is 0 Å². The van der Waals surface area contributed by atoms with Crippen molar-refractivity contribution in [2.75, 3.05) is 12.4 Å². The summed E-state index contributed by atoms with van der Waals surface area (Å²) in [5.41, 5.74) is 0.741. The van der Waals surface area contributed by atoms with Crippen LogP contribution in [-0.2, 0) is 13.2 Å². The van der Waals surface area contributed by atoms with Crippen LogP contribution in [0.3, 0.4) is 0 Å². The predicted octanol–water partition coefficient (Wildman–Crippen LogP) is 3.80. The Morgan fingerprint density at radius 3 is 2.60 bits per heavy atom. The van der Waals surface area contributed by atoms with Gasteiger partial charge in [0.15, 0.2) is 23.2 Å². The maximum absolute atomic E-state index is 13.9. The Balaban J connectivity index is 1.59. The number of nitrogens with one attached hydrogen (secondary N) is 2. The smallest absolute Gasteiger partial charge is 0.320 e. The van der Waals surface area contributed by atoms with Gasteiger partial charge in [0.05, 0.1) is 13.3 Å². The molecule has 0 bridgehead atoms. The molecule has 0 saturated heterocycles. The number of ether oxygens (including phenoxy) is 2. The highest BCUT2D eigenvalue weighted by molar-refractivity contribution is 5.88. The fourth-order valence-electron chi connectivity index (χ4n) is 2.42. The van der Waals surface area contributed by atoms with Gasteiger partial charge in [-0.25, -0.2) is 22.9 Å². The van der Waals surface area contributed by atoms with Crippen molar-refractivity contribution in [2.45, 2.75) is 13.2 Å². The fraction of sp³-hybridized carbons (Fsp3) is 0.150. The maximum atomic E-state index is 13.9. The molecule has 2 aromatic carbocycles. The molecular weight excluding hydrogens is 401 g/mol. The normalized spacial score (nSPS) is 10.4. The second-order valence-corrected chi connectivity index (χ2v) is 6.01. The molecule has 156 valence electrons. The van der Waals surface area contributed by atoms with E-state index in [2.05, 4.69) is 20.6 Å². The Morgan fingerprint density at radius 2 is 1.87 bits per heavy atom. The van der Waals surface area contributed by atoms with E-state index in [0.717, 1.165) is 6.20 Å². The minimum Gasteiger partial charge on any atom is -0.494 e. The summed E-state index contributed by atoms with van der Waals surface area (Å²) >= 11 is 0. The van der Waals surface area contributed by atoms with Gasteiger partial charge in [-0.05, 0) is 23.8 Å². The van der Waals surface area contributed by atoms with E-state index in [9.17, 15) is 18.0 Å². The number of urea groups is 1. The van der Waals surface area contributed by atoms with E-state index in [1.54, 1.807) is 12.1 Å². The maximum Gasteiger partial charge on any atom is 0.320 e. The lowest BCUT2D eigenvalue weighted by Gasteiger charge is -2.10. The molecule has 0 aliphatic carbocycles. The number of amides is 2. The number of halogens is 3. The van der Waals surface area contributed by atoms with E-state index in [1.165, 1.54) is 37.4 Å². The number of rotatable bonds is 7. The quantitative estimate of drug-likeness (QED) is 0.610. The number of hydrogen-bond donors (Lipinski definition) is 2. The lowest BCUT2D eigenvalue weighted by Crippen LogP contribution is -2.29. The molecular formula is C20H17F3N4O3. The van der Waals surface area contributed by atoms with Gasteiger partial charge < -0.3 is 14.8 Å². The molecule has 1 heterocycles. The SMILES string of the molecule is COc1ccc(COc2ncc(F)c(NC(=O)NCc3ccccc3F)n2)cc1F. The molecule has 0 atom stereocenters. The van der Waals surface area contributed by atoms with Gasteiger partial charge in [0, 0.05) is 12.1 Å². The van der Waals surface area contributed by atoms with E-state index in [-0.39, 0.29) is 30.5 Å². The lowest BCUT2D eigenvalue weighted by molar-refractivity contribution is 0.251. The lowest BCUT2D eigenvalue weighted by atomic mass is 10.2. The first-order valence-electron chi connectivity index (χ1n) is 8.72. The van der Waals surface area contributed by atoms with Crippen molar-refractivity contribution in [2.24, 2.45) is 0 Å². The Labute approximate surface area is 169 Å². The van der Waals surface area contributed by atoms with Crippen LogP contribution < -0.4 is 20.1 Å². The van der Waals surface area contributed by atoms with Crippen molar-refractivity contribution in [1.82, 2.24) is 15.3 Å². The summed E-state index contributed by atoms with van der Waals surface area (Å²) in [7, 11) is 1.35. The summed E-state index contributed by atoms with van der Waals surface area (Å²) in [6.45, 7) is -0.191. The first kappa shape index (κ1) is 20.9. The van der Waals surface area contributed by atoms with Crippen LogP contribution in [0.25, 0.3) is 0 Å². The molecule has 0 aliphatic rings. The molecule has 3 aromatic rings. The highest BCUT2D eigenvalue weighted by Crippen LogP contribution is 2.19. The van der Waals surface area contributed by atoms with Crippen molar-refractivity contribution in [3.05, 3.63) is 77.2 Å². The molecule has 0 spiro atoms. The van der Waals surface area contributed by atoms with Gasteiger partial charge in [-0.1, -0.05) is 24.3 Å². The summed E-state index contributed by atoms with van der Waals surface area (Å²) in [4.78, 5) is 19.4. The summed E-state index contributed by atoms with van der Waals surface area (Å²) in [6, 6.07) is 9.14. The zero-order valence-corrected chi connectivity index (χ0v) is 15.8. The number of carbonyl (C=O) groups excluding carboxylic acids is 1. The van der Waals surface area contributed by atoms with Crippen LogP contribution in [0.15, 0.2) is 48.7 Å². The molecule has 2 amide bonds. The second-order valence-electron chi connectivity index (χ2n) is 6.01. The second kappa shape index (κ2) is 9.59. The molecule has 2 N–H and O–H groups in total. The number of aromatic nitrogens is 2. The van der Waals surface area contributed by atoms with E-state index >= 15 is 0 Å². The molecule has 3 rings (SSSR count). The Hall–Kier alpha value is -3.82. The van der Waals surface area contributed by atoms with Gasteiger partial charge >= 0.3 is 12.0 Å². The number of benzene rings is 2. The van der Waals surface area contributed by atoms with Gasteiger partial charge in [-0.15, -0.1) is 0 Å². The average Bonchev–Trinajstić information content (AvgIpc) is 2.74. The first-order valence-corrected chi connectivity index (χ1v) is 8.72. The third-order valence-corrected chi connectivity index (χ3v) is 3.94. The van der Waals surface area contributed by atoms with E-state index in [1.807, 2.05) is 0 Å². The zero-order chi connectivity index (χ0) is 21.5. The number of carbonyl (C=O) groups is 1. The Morgan fingerprint density at radius 1 is 1.07 bits per heavy atom. The van der Waals surface area contributed by atoms with Crippen LogP contribution in [0, 0.1) is 17.5 Å². The molecule has 0 aliphatic heterocycles. The van der Waals surface area contributed by atoms with Crippen LogP contribution in [-0.4, -0.2) is 23.1 Å². The van der Waals surface area contributed by atoms with Gasteiger partial charge in [-0.2, -0.15) is 4.98 Å². The number of methoxy groups -OCH3 is 1. The summed E-state index contributed by atoms with van der Waals surface area (Å²) in [5.74, 6) is -2.26. The number of nitrogens with zero attached hydrogens (tertiary/aromatic N) is 2. The fourth-order valence-corrected chi connectivity index (χ4v) is 2.42. The summed E-state index contributed by atoms with van der Waals surface area (Å²) in [6.07, 6.45) is 0.823. The standard InChI is InChI=1S/C20H17F3N4O3/c1-29-17-7-6-12(8-15(17)22)11-30-20-25-10-16(23)18(27-20)26-19(28)24-9-13-4-2-3-5-14(13)21/h2-8,10H,9,11H2,1H3,(H2,24,25,26,27,28). The third-order valence-electron chi connectivity index (χ3n) is 3.94. The minimum atomic E-state index is -0.890. The molecule has 0 radical (unpaired) electrons. The monoisotopic (exact) mass is 418 g/mol. The zero-order valence-electron chi connectivity index (χ0n) is 15.8. The van der Waals surface area contributed by atoms with Crippen molar-refractivity contribution < 1.29 is 27.4 Å². The molecule has 7 nitrogen and oxygen atoms in total. The highest BCUT2D eigenvalue weighted by Gasteiger charge is 2.12. The van der Waals surface area contributed by atoms with Crippen molar-refractivity contribution >= 4 is 11.8 Å².